The summed E-state index contributed by atoms with van der Waals surface area (Å²) in [5, 5.41) is 6.02. The van der Waals surface area contributed by atoms with Gasteiger partial charge in [0.25, 0.3) is 0 Å². The van der Waals surface area contributed by atoms with Gasteiger partial charge in [-0.25, -0.2) is 9.59 Å². The highest BCUT2D eigenvalue weighted by Crippen LogP contribution is 2.32. The van der Waals surface area contributed by atoms with Crippen molar-refractivity contribution >= 4 is 35.6 Å². The smallest absolute Gasteiger partial charge is 0.410 e. The summed E-state index contributed by atoms with van der Waals surface area (Å²) in [5.74, 6) is 1.47. The number of ether oxygens (including phenoxy) is 2. The molecule has 0 atom stereocenters. The van der Waals surface area contributed by atoms with Gasteiger partial charge in [-0.2, -0.15) is 0 Å². The normalized spacial score (nSPS) is 20.4. The number of aromatic nitrogens is 2. The third-order valence-corrected chi connectivity index (χ3v) is 11.3. The molecule has 0 saturated heterocycles. The van der Waals surface area contributed by atoms with Crippen LogP contribution in [0.4, 0.5) is 9.59 Å². The maximum absolute atomic E-state index is 12.6. The van der Waals surface area contributed by atoms with Crippen LogP contribution in [0.3, 0.4) is 0 Å². The number of hydrogen-bond donors (Lipinski definition) is 2. The van der Waals surface area contributed by atoms with E-state index in [1.807, 2.05) is 73.0 Å². The summed E-state index contributed by atoms with van der Waals surface area (Å²) in [6.07, 6.45) is 19.9. The number of hydrogen-bond acceptors (Lipinski definition) is 8. The van der Waals surface area contributed by atoms with Crippen molar-refractivity contribution in [1.82, 2.24) is 30.4 Å². The Balaban J connectivity index is 0.000000227. The van der Waals surface area contributed by atoms with Crippen LogP contribution in [0, 0.1) is 23.7 Å². The predicted octanol–water partition coefficient (Wildman–Crippen LogP) is 8.65. The Hall–Kier alpha value is -4.74. The van der Waals surface area contributed by atoms with Crippen molar-refractivity contribution in [3.63, 3.8) is 0 Å². The van der Waals surface area contributed by atoms with Crippen LogP contribution in [0.25, 0.3) is 11.6 Å². The van der Waals surface area contributed by atoms with Crippen molar-refractivity contribution in [2.75, 3.05) is 40.3 Å². The molecule has 2 fully saturated rings. The minimum atomic E-state index is -0.478. The highest BCUT2D eigenvalue weighted by molar-refractivity contribution is 5.79. The number of amides is 4. The molecule has 0 radical (unpaired) electrons. The first kappa shape index (κ1) is 47.9. The molecule has 0 spiro atoms. The van der Waals surface area contributed by atoms with E-state index in [4.69, 9.17) is 9.47 Å². The quantitative estimate of drug-likeness (QED) is 0.242. The van der Waals surface area contributed by atoms with E-state index in [1.54, 1.807) is 23.9 Å². The van der Waals surface area contributed by atoms with Gasteiger partial charge in [-0.1, -0.05) is 30.4 Å². The average Bonchev–Trinajstić information content (AvgIpc) is 3.85. The lowest BCUT2D eigenvalue weighted by atomic mass is 9.81. The summed E-state index contributed by atoms with van der Waals surface area (Å²) in [4.78, 5) is 60.4. The maximum Gasteiger partial charge on any atom is 0.410 e. The molecule has 4 aliphatic rings. The molecule has 12 nitrogen and oxygen atoms in total. The van der Waals surface area contributed by atoms with E-state index in [0.717, 1.165) is 76.3 Å². The predicted molar refractivity (Wildman–Crippen MR) is 238 cm³/mol. The van der Waals surface area contributed by atoms with E-state index in [2.05, 4.69) is 51.0 Å². The molecular weight excluding hydrogens is 757 g/mol. The van der Waals surface area contributed by atoms with E-state index in [1.165, 1.54) is 22.4 Å². The zero-order valence-electron chi connectivity index (χ0n) is 37.9. The van der Waals surface area contributed by atoms with Crippen LogP contribution in [0.5, 0.6) is 0 Å². The van der Waals surface area contributed by atoms with Crippen molar-refractivity contribution in [3.05, 3.63) is 71.3 Å². The summed E-state index contributed by atoms with van der Waals surface area (Å²) >= 11 is 0. The summed E-state index contributed by atoms with van der Waals surface area (Å²) < 4.78 is 10.8. The van der Waals surface area contributed by atoms with Crippen LogP contribution in [0.15, 0.2) is 48.8 Å². The summed E-state index contributed by atoms with van der Waals surface area (Å²) in [6, 6.07) is 8.13. The largest absolute Gasteiger partial charge is 0.444 e. The van der Waals surface area contributed by atoms with E-state index >= 15 is 0 Å². The van der Waals surface area contributed by atoms with Gasteiger partial charge in [0, 0.05) is 77.3 Å². The summed E-state index contributed by atoms with van der Waals surface area (Å²) in [7, 11) is 3.57. The molecule has 2 N–H and O–H groups in total. The van der Waals surface area contributed by atoms with Crippen molar-refractivity contribution in [3.8, 4) is 0 Å². The first-order valence-corrected chi connectivity index (χ1v) is 22.1. The SMILES string of the molecule is C1=Cc2cccnc2C1.CCNC(=O)C1CCC(CN(C)C(=O)OC(C)(C)C)CC1.CN(CC1CCC(C(=O)NCCC2=CCc3ncccc32)CC1)C(=O)OC(C)(C)C. The molecule has 6 rings (SSSR count). The van der Waals surface area contributed by atoms with Gasteiger partial charge < -0.3 is 29.9 Å². The second-order valence-electron chi connectivity index (χ2n) is 18.7. The fraction of sp³-hybridized carbons (Fsp3) is 0.625. The van der Waals surface area contributed by atoms with Gasteiger partial charge in [0.05, 0.1) is 11.4 Å². The fourth-order valence-electron chi connectivity index (χ4n) is 8.13. The molecule has 2 saturated carbocycles. The average molecular weight is 829 g/mol. The van der Waals surface area contributed by atoms with Crippen LogP contribution < -0.4 is 10.6 Å². The first-order valence-electron chi connectivity index (χ1n) is 22.1. The molecular formula is C48H72N6O6. The maximum atomic E-state index is 12.6. The molecule has 12 heteroatoms. The second kappa shape index (κ2) is 22.7. The number of carbonyl (C=O) groups is 4. The third-order valence-electron chi connectivity index (χ3n) is 11.3. The van der Waals surface area contributed by atoms with Gasteiger partial charge in [-0.05, 0) is 147 Å². The minimum Gasteiger partial charge on any atom is -0.444 e. The van der Waals surface area contributed by atoms with E-state index in [9.17, 15) is 19.2 Å². The van der Waals surface area contributed by atoms with E-state index in [-0.39, 0.29) is 35.8 Å². The Bertz CT molecular complexity index is 1780. The Kier molecular flexibility index (Phi) is 18.2. The molecule has 0 aromatic carbocycles. The number of allylic oxidation sites excluding steroid dienone is 2. The lowest BCUT2D eigenvalue weighted by Gasteiger charge is -2.31. The molecule has 0 bridgehead atoms. The topological polar surface area (TPSA) is 143 Å². The van der Waals surface area contributed by atoms with Gasteiger partial charge in [-0.3, -0.25) is 19.6 Å². The molecule has 2 heterocycles. The first-order chi connectivity index (χ1) is 28.4. The molecule has 4 amide bonds. The van der Waals surface area contributed by atoms with Gasteiger partial charge in [0.15, 0.2) is 0 Å². The number of carbonyl (C=O) groups excluding carboxylic acids is 4. The van der Waals surface area contributed by atoms with Gasteiger partial charge >= 0.3 is 12.2 Å². The zero-order valence-corrected chi connectivity index (χ0v) is 37.9. The van der Waals surface area contributed by atoms with Crippen LogP contribution >= 0.6 is 0 Å². The molecule has 0 unspecified atom stereocenters. The van der Waals surface area contributed by atoms with Crippen LogP contribution in [-0.2, 0) is 31.9 Å². The van der Waals surface area contributed by atoms with Crippen LogP contribution in [0.2, 0.25) is 0 Å². The molecule has 4 aliphatic carbocycles. The Morgan fingerprint density at radius 3 is 1.70 bits per heavy atom. The lowest BCUT2D eigenvalue weighted by Crippen LogP contribution is -2.39. The Morgan fingerprint density at radius 1 is 0.700 bits per heavy atom. The number of rotatable bonds is 10. The number of pyridine rings is 2. The highest BCUT2D eigenvalue weighted by Gasteiger charge is 2.30. The van der Waals surface area contributed by atoms with Crippen LogP contribution in [0.1, 0.15) is 129 Å². The van der Waals surface area contributed by atoms with Crippen molar-refractivity contribution in [2.45, 2.75) is 130 Å². The van der Waals surface area contributed by atoms with Gasteiger partial charge in [-0.15, -0.1) is 0 Å². The monoisotopic (exact) mass is 829 g/mol. The molecule has 0 aliphatic heterocycles. The lowest BCUT2D eigenvalue weighted by molar-refractivity contribution is -0.127. The third kappa shape index (κ3) is 16.0. The summed E-state index contributed by atoms with van der Waals surface area (Å²) in [6.45, 7) is 15.9. The Morgan fingerprint density at radius 2 is 1.20 bits per heavy atom. The number of fused-ring (bicyclic) bond motifs is 2. The standard InChI is InChI=1S/C24H35N3O3.C16H30N2O3.C8H7N/c1-24(2,3)30-23(29)27(4)16-17-7-9-19(10-8-17)22(28)26-15-13-18-11-12-21-20(18)6-5-14-25-21;1-6-17-14(19)13-9-7-12(8-10-13)11-18(5)15(20)21-16(2,3)4;1-3-7-4-2-6-9-8(7)5-1/h5-6,11,14,17,19H,7-10,12-13,15-16H2,1-4H3,(H,26,28);12-13H,6-11H2,1-5H3,(H,17,19);1-4,6H,5H2. The molecule has 2 aromatic rings. The van der Waals surface area contributed by atoms with Crippen molar-refractivity contribution < 1.29 is 28.7 Å². The highest BCUT2D eigenvalue weighted by atomic mass is 16.6. The molecule has 330 valence electrons. The zero-order chi connectivity index (χ0) is 43.9. The van der Waals surface area contributed by atoms with Gasteiger partial charge in [0.2, 0.25) is 11.8 Å². The number of nitrogens with zero attached hydrogens (tertiary/aromatic N) is 4. The fourth-order valence-corrected chi connectivity index (χ4v) is 8.13. The summed E-state index contributed by atoms with van der Waals surface area (Å²) in [5.41, 5.74) is 5.19. The second-order valence-corrected chi connectivity index (χ2v) is 18.7. The van der Waals surface area contributed by atoms with Gasteiger partial charge in [0.1, 0.15) is 11.2 Å². The number of nitrogens with one attached hydrogen (secondary N) is 2. The minimum absolute atomic E-state index is 0.0830. The van der Waals surface area contributed by atoms with Crippen LogP contribution in [-0.4, -0.2) is 95.2 Å². The van der Waals surface area contributed by atoms with E-state index < -0.39 is 11.2 Å². The van der Waals surface area contributed by atoms with Crippen molar-refractivity contribution in [1.29, 1.82) is 0 Å². The molecule has 2 aromatic heterocycles. The van der Waals surface area contributed by atoms with Crippen molar-refractivity contribution in [2.24, 2.45) is 23.7 Å². The molecule has 60 heavy (non-hydrogen) atoms. The Labute approximate surface area is 359 Å². The van der Waals surface area contributed by atoms with E-state index in [0.29, 0.717) is 38.0 Å².